The van der Waals surface area contributed by atoms with E-state index < -0.39 is 0 Å². The molecule has 0 unspecified atom stereocenters. The van der Waals surface area contributed by atoms with E-state index in [0.717, 1.165) is 43.1 Å². The van der Waals surface area contributed by atoms with Gasteiger partial charge in [-0.25, -0.2) is 5.01 Å². The van der Waals surface area contributed by atoms with Gasteiger partial charge in [-0.1, -0.05) is 23.8 Å². The van der Waals surface area contributed by atoms with Gasteiger partial charge < -0.3 is 15.9 Å². The molecule has 5 heteroatoms. The number of aryl methyl sites for hydroxylation is 1. The minimum Gasteiger partial charge on any atom is -0.389 e. The topological polar surface area (TPSA) is 50.5 Å². The maximum atomic E-state index is 5.74. The second kappa shape index (κ2) is 5.44. The number of anilines is 1. The number of thiocarbonyl (C=S) groups is 1. The Morgan fingerprint density at radius 1 is 1.41 bits per heavy atom. The molecule has 0 atom stereocenters. The van der Waals surface area contributed by atoms with Gasteiger partial charge in [0.15, 0.2) is 0 Å². The number of nitrogens with two attached hydrogens (primary N) is 1. The molecule has 17 heavy (non-hydrogen) atoms. The second-order valence-electron chi connectivity index (χ2n) is 4.12. The van der Waals surface area contributed by atoms with Gasteiger partial charge in [0.05, 0.1) is 18.9 Å². The van der Waals surface area contributed by atoms with Gasteiger partial charge in [0.25, 0.3) is 0 Å². The molecule has 0 spiro atoms. The van der Waals surface area contributed by atoms with E-state index in [2.05, 4.69) is 10.4 Å². The highest BCUT2D eigenvalue weighted by atomic mass is 32.1. The Balaban J connectivity index is 2.16. The highest BCUT2D eigenvalue weighted by Crippen LogP contribution is 2.18. The van der Waals surface area contributed by atoms with Crippen LogP contribution < -0.4 is 11.2 Å². The molecule has 0 bridgehead atoms. The van der Waals surface area contributed by atoms with Crippen LogP contribution in [-0.2, 0) is 4.74 Å². The Morgan fingerprint density at radius 2 is 2.12 bits per heavy atom. The average Bonchev–Trinajstić information content (AvgIpc) is 2.32. The predicted octanol–water partition coefficient (Wildman–Crippen LogP) is 1.29. The molecule has 1 aliphatic rings. The molecule has 1 aromatic carbocycles. The summed E-state index contributed by atoms with van der Waals surface area (Å²) in [6.45, 7) is 5.26. The van der Waals surface area contributed by atoms with Crippen LogP contribution in [0.4, 0.5) is 5.69 Å². The van der Waals surface area contributed by atoms with Crippen molar-refractivity contribution in [1.29, 1.82) is 0 Å². The predicted molar refractivity (Wildman–Crippen MR) is 73.1 cm³/mol. The van der Waals surface area contributed by atoms with Gasteiger partial charge >= 0.3 is 0 Å². The van der Waals surface area contributed by atoms with Gasteiger partial charge in [0.2, 0.25) is 0 Å². The van der Waals surface area contributed by atoms with Crippen molar-refractivity contribution in [2.45, 2.75) is 6.92 Å². The van der Waals surface area contributed by atoms with Crippen LogP contribution in [0.25, 0.3) is 0 Å². The van der Waals surface area contributed by atoms with Crippen molar-refractivity contribution in [3.05, 3.63) is 29.3 Å². The molecule has 1 fully saturated rings. The number of rotatable bonds is 3. The normalized spacial score (nSPS) is 16.8. The number of morpholine rings is 1. The van der Waals surface area contributed by atoms with Gasteiger partial charge in [-0.05, 0) is 19.1 Å². The zero-order valence-electron chi connectivity index (χ0n) is 9.90. The van der Waals surface area contributed by atoms with Crippen LogP contribution in [0.5, 0.6) is 0 Å². The third-order valence-electron chi connectivity index (χ3n) is 2.73. The molecule has 1 aliphatic heterocycles. The fourth-order valence-electron chi connectivity index (χ4n) is 1.80. The van der Waals surface area contributed by atoms with Crippen molar-refractivity contribution in [2.24, 2.45) is 5.73 Å². The smallest absolute Gasteiger partial charge is 0.106 e. The highest BCUT2D eigenvalue weighted by molar-refractivity contribution is 7.80. The summed E-state index contributed by atoms with van der Waals surface area (Å²) in [5, 5.41) is 2.12. The largest absolute Gasteiger partial charge is 0.389 e. The van der Waals surface area contributed by atoms with Crippen LogP contribution >= 0.6 is 12.2 Å². The van der Waals surface area contributed by atoms with E-state index in [0.29, 0.717) is 4.99 Å². The second-order valence-corrected chi connectivity index (χ2v) is 4.56. The number of hydrogen-bond donors (Lipinski definition) is 2. The Hall–Kier alpha value is -1.17. The van der Waals surface area contributed by atoms with E-state index in [4.69, 9.17) is 22.7 Å². The zero-order chi connectivity index (χ0) is 12.3. The third kappa shape index (κ3) is 3.15. The number of nitrogens with one attached hydrogen (secondary N) is 1. The molecular formula is C12H17N3OS. The number of nitrogens with zero attached hydrogens (tertiary/aromatic N) is 1. The van der Waals surface area contributed by atoms with E-state index in [9.17, 15) is 0 Å². The van der Waals surface area contributed by atoms with Gasteiger partial charge in [-0.15, -0.1) is 0 Å². The summed E-state index contributed by atoms with van der Waals surface area (Å²) < 4.78 is 5.30. The molecule has 1 heterocycles. The number of hydrogen-bond acceptors (Lipinski definition) is 4. The average molecular weight is 251 g/mol. The molecule has 2 rings (SSSR count). The van der Waals surface area contributed by atoms with E-state index in [1.165, 1.54) is 0 Å². The Kier molecular flexibility index (Phi) is 3.93. The fraction of sp³-hybridized carbons (Fsp3) is 0.417. The van der Waals surface area contributed by atoms with Crippen molar-refractivity contribution in [2.75, 3.05) is 31.7 Å². The van der Waals surface area contributed by atoms with Crippen LogP contribution in [0.1, 0.15) is 11.1 Å². The summed E-state index contributed by atoms with van der Waals surface area (Å²) in [6.07, 6.45) is 0. The summed E-state index contributed by atoms with van der Waals surface area (Å²) in [4.78, 5) is 0.421. The van der Waals surface area contributed by atoms with Crippen LogP contribution in [0, 0.1) is 6.92 Å². The Labute approximate surface area is 107 Å². The Morgan fingerprint density at radius 3 is 2.76 bits per heavy atom. The van der Waals surface area contributed by atoms with E-state index >= 15 is 0 Å². The lowest BCUT2D eigenvalue weighted by Crippen LogP contribution is -2.40. The molecule has 0 aromatic heterocycles. The van der Waals surface area contributed by atoms with Crippen LogP contribution in [0.3, 0.4) is 0 Å². The van der Waals surface area contributed by atoms with E-state index in [1.807, 2.05) is 25.1 Å². The molecule has 1 saturated heterocycles. The SMILES string of the molecule is Cc1ccc(NN2CCOCC2)c(C(N)=S)c1. The van der Waals surface area contributed by atoms with Crippen LogP contribution in [-0.4, -0.2) is 36.3 Å². The zero-order valence-corrected chi connectivity index (χ0v) is 10.7. The first-order valence-corrected chi connectivity index (χ1v) is 6.07. The van der Waals surface area contributed by atoms with E-state index in [-0.39, 0.29) is 0 Å². The quantitative estimate of drug-likeness (QED) is 0.793. The maximum absolute atomic E-state index is 5.74. The molecule has 0 aliphatic carbocycles. The summed E-state index contributed by atoms with van der Waals surface area (Å²) in [5.41, 5.74) is 12.1. The van der Waals surface area contributed by atoms with Crippen molar-refractivity contribution in [3.8, 4) is 0 Å². The first kappa shape index (κ1) is 12.3. The lowest BCUT2D eigenvalue weighted by molar-refractivity contribution is 0.0497. The van der Waals surface area contributed by atoms with Crippen molar-refractivity contribution < 1.29 is 4.74 Å². The number of hydrazine groups is 1. The van der Waals surface area contributed by atoms with Gasteiger partial charge in [0.1, 0.15) is 4.99 Å². The molecule has 0 radical (unpaired) electrons. The number of ether oxygens (including phenoxy) is 1. The van der Waals surface area contributed by atoms with Gasteiger partial charge in [-0.3, -0.25) is 0 Å². The lowest BCUT2D eigenvalue weighted by Gasteiger charge is -2.28. The summed E-state index contributed by atoms with van der Waals surface area (Å²) in [5.74, 6) is 0. The van der Waals surface area contributed by atoms with Crippen LogP contribution in [0.2, 0.25) is 0 Å². The lowest BCUT2D eigenvalue weighted by atomic mass is 10.1. The monoisotopic (exact) mass is 251 g/mol. The summed E-state index contributed by atoms with van der Waals surface area (Å²) in [7, 11) is 0. The first-order chi connectivity index (χ1) is 8.16. The Bertz CT molecular complexity index is 416. The van der Waals surface area contributed by atoms with Crippen molar-refractivity contribution >= 4 is 22.9 Å². The van der Waals surface area contributed by atoms with Crippen LogP contribution in [0.15, 0.2) is 18.2 Å². The molecular weight excluding hydrogens is 234 g/mol. The fourth-order valence-corrected chi connectivity index (χ4v) is 1.97. The maximum Gasteiger partial charge on any atom is 0.106 e. The third-order valence-corrected chi connectivity index (χ3v) is 2.95. The highest BCUT2D eigenvalue weighted by Gasteiger charge is 2.12. The van der Waals surface area contributed by atoms with Crippen molar-refractivity contribution in [1.82, 2.24) is 5.01 Å². The molecule has 92 valence electrons. The molecule has 4 nitrogen and oxygen atoms in total. The van der Waals surface area contributed by atoms with E-state index in [1.54, 1.807) is 0 Å². The first-order valence-electron chi connectivity index (χ1n) is 5.66. The molecule has 3 N–H and O–H groups in total. The van der Waals surface area contributed by atoms with Gasteiger partial charge in [-0.2, -0.15) is 0 Å². The minimum absolute atomic E-state index is 0.421. The van der Waals surface area contributed by atoms with Crippen molar-refractivity contribution in [3.63, 3.8) is 0 Å². The standard InChI is InChI=1S/C12H17N3OS/c1-9-2-3-11(10(8-9)12(13)17)14-15-4-6-16-7-5-15/h2-3,8,14H,4-7H2,1H3,(H2,13,17). The number of benzene rings is 1. The summed E-state index contributed by atoms with van der Waals surface area (Å²) >= 11 is 5.07. The summed E-state index contributed by atoms with van der Waals surface area (Å²) in [6, 6.07) is 6.06. The minimum atomic E-state index is 0.421. The molecule has 0 amide bonds. The molecule has 0 saturated carbocycles. The molecule has 1 aromatic rings. The van der Waals surface area contributed by atoms with Gasteiger partial charge in [0, 0.05) is 18.7 Å².